The molecule has 0 saturated heterocycles. The molecular weight excluding hydrogens is 224 g/mol. The summed E-state index contributed by atoms with van der Waals surface area (Å²) in [7, 11) is -3.33. The molecule has 4 heteroatoms. The van der Waals surface area contributed by atoms with E-state index < -0.39 is 10.1 Å². The van der Waals surface area contributed by atoms with Crippen molar-refractivity contribution >= 4 is 10.1 Å². The van der Waals surface area contributed by atoms with Gasteiger partial charge < -0.3 is 0 Å². The van der Waals surface area contributed by atoms with E-state index in [0.717, 1.165) is 12.8 Å². The van der Waals surface area contributed by atoms with Crippen LogP contribution in [0.4, 0.5) is 0 Å². The molecule has 1 aliphatic rings. The Bertz CT molecular complexity index is 306. The Morgan fingerprint density at radius 1 is 1.06 bits per heavy atom. The van der Waals surface area contributed by atoms with Crippen LogP contribution in [0.15, 0.2) is 11.5 Å². The summed E-state index contributed by atoms with van der Waals surface area (Å²) < 4.78 is 26.7. The summed E-state index contributed by atoms with van der Waals surface area (Å²) in [6.45, 7) is 2.21. The first-order chi connectivity index (χ1) is 7.64. The number of unbranched alkanes of at least 4 members (excludes halogenated alkanes) is 6. The van der Waals surface area contributed by atoms with Gasteiger partial charge in [0.25, 0.3) is 10.1 Å². The average molecular weight is 246 g/mol. The summed E-state index contributed by atoms with van der Waals surface area (Å²) in [6.07, 6.45) is 11.0. The van der Waals surface area contributed by atoms with Gasteiger partial charge in [-0.3, -0.25) is 4.18 Å². The van der Waals surface area contributed by atoms with Crippen molar-refractivity contribution in [2.24, 2.45) is 0 Å². The molecule has 3 nitrogen and oxygen atoms in total. The highest BCUT2D eigenvalue weighted by Crippen LogP contribution is 2.18. The molecule has 0 N–H and O–H groups in total. The van der Waals surface area contributed by atoms with E-state index in [9.17, 15) is 8.42 Å². The summed E-state index contributed by atoms with van der Waals surface area (Å²) in [5.41, 5.74) is 0. The van der Waals surface area contributed by atoms with Crippen molar-refractivity contribution in [2.45, 2.75) is 64.4 Å². The van der Waals surface area contributed by atoms with Gasteiger partial charge in [-0.25, -0.2) is 0 Å². The largest absolute Gasteiger partial charge is 0.290 e. The van der Waals surface area contributed by atoms with Crippen molar-refractivity contribution in [1.29, 1.82) is 0 Å². The predicted molar refractivity (Wildman–Crippen MR) is 65.5 cm³/mol. The third kappa shape index (κ3) is 5.66. The van der Waals surface area contributed by atoms with Crippen LogP contribution in [0, 0.1) is 0 Å². The molecule has 0 saturated carbocycles. The van der Waals surface area contributed by atoms with Crippen LogP contribution in [0.25, 0.3) is 0 Å². The van der Waals surface area contributed by atoms with Gasteiger partial charge in [-0.05, 0) is 12.5 Å². The van der Waals surface area contributed by atoms with Crippen molar-refractivity contribution in [1.82, 2.24) is 0 Å². The van der Waals surface area contributed by atoms with Crippen molar-refractivity contribution in [3.05, 3.63) is 11.5 Å². The molecule has 0 fully saturated rings. The fourth-order valence-electron chi connectivity index (χ4n) is 1.87. The highest BCUT2D eigenvalue weighted by Gasteiger charge is 2.21. The van der Waals surface area contributed by atoms with Crippen molar-refractivity contribution < 1.29 is 12.6 Å². The first-order valence-electron chi connectivity index (χ1n) is 6.25. The molecular formula is C12H22O3S. The smallest absolute Gasteiger partial charge is 0.259 e. The molecule has 1 unspecified atom stereocenters. The second-order valence-electron chi connectivity index (χ2n) is 4.37. The third-order valence-electron chi connectivity index (χ3n) is 2.81. The van der Waals surface area contributed by atoms with E-state index >= 15 is 0 Å². The summed E-state index contributed by atoms with van der Waals surface area (Å²) >= 11 is 0. The molecule has 1 heterocycles. The molecule has 0 aliphatic carbocycles. The molecule has 0 spiro atoms. The van der Waals surface area contributed by atoms with E-state index in [-0.39, 0.29) is 6.10 Å². The Hall–Kier alpha value is -0.350. The lowest BCUT2D eigenvalue weighted by atomic mass is 10.1. The Kier molecular flexibility index (Phi) is 6.06. The van der Waals surface area contributed by atoms with Gasteiger partial charge in [-0.2, -0.15) is 8.42 Å². The van der Waals surface area contributed by atoms with Crippen LogP contribution >= 0.6 is 0 Å². The number of hydrogen-bond acceptors (Lipinski definition) is 3. The second kappa shape index (κ2) is 7.07. The fourth-order valence-corrected chi connectivity index (χ4v) is 2.80. The first-order valence-corrected chi connectivity index (χ1v) is 7.72. The van der Waals surface area contributed by atoms with Gasteiger partial charge in [-0.1, -0.05) is 51.9 Å². The fraction of sp³-hybridized carbons (Fsp3) is 0.833. The maximum atomic E-state index is 10.9. The van der Waals surface area contributed by atoms with Crippen LogP contribution in [0.1, 0.15) is 58.3 Å². The van der Waals surface area contributed by atoms with Gasteiger partial charge in [0.15, 0.2) is 0 Å². The van der Waals surface area contributed by atoms with Gasteiger partial charge in [0.05, 0.1) is 11.5 Å². The Labute approximate surface area is 99.0 Å². The van der Waals surface area contributed by atoms with E-state index in [1.807, 2.05) is 0 Å². The zero-order valence-corrected chi connectivity index (χ0v) is 10.8. The molecule has 0 bridgehead atoms. The third-order valence-corrected chi connectivity index (χ3v) is 3.82. The number of hydrogen-bond donors (Lipinski definition) is 0. The highest BCUT2D eigenvalue weighted by atomic mass is 32.2. The maximum Gasteiger partial charge on any atom is 0.290 e. The van der Waals surface area contributed by atoms with Crippen LogP contribution in [-0.4, -0.2) is 14.5 Å². The standard InChI is InChI=1S/C12H22O3S/c1-2-3-4-5-6-7-8-9-12-10-11-16(13,14)15-12/h10-12H,2-9H2,1H3. The molecule has 0 radical (unpaired) electrons. The first kappa shape index (κ1) is 13.7. The molecule has 94 valence electrons. The monoisotopic (exact) mass is 246 g/mol. The van der Waals surface area contributed by atoms with E-state index in [0.29, 0.717) is 0 Å². The molecule has 0 aromatic carbocycles. The molecule has 0 aromatic rings. The Morgan fingerprint density at radius 3 is 2.25 bits per heavy atom. The minimum absolute atomic E-state index is 0.208. The van der Waals surface area contributed by atoms with Crippen LogP contribution in [0.3, 0.4) is 0 Å². The zero-order chi connectivity index (χ0) is 11.9. The van der Waals surface area contributed by atoms with Gasteiger partial charge in [0, 0.05) is 0 Å². The van der Waals surface area contributed by atoms with E-state index in [1.54, 1.807) is 6.08 Å². The summed E-state index contributed by atoms with van der Waals surface area (Å²) in [5, 5.41) is 1.17. The normalized spacial score (nSPS) is 22.7. The summed E-state index contributed by atoms with van der Waals surface area (Å²) in [5.74, 6) is 0. The maximum absolute atomic E-state index is 10.9. The minimum Gasteiger partial charge on any atom is -0.259 e. The van der Waals surface area contributed by atoms with Gasteiger partial charge >= 0.3 is 0 Å². The topological polar surface area (TPSA) is 43.4 Å². The SMILES string of the molecule is CCCCCCCCCC1C=CS(=O)(=O)O1. The van der Waals surface area contributed by atoms with E-state index in [4.69, 9.17) is 4.18 Å². The van der Waals surface area contributed by atoms with E-state index in [1.165, 1.54) is 43.9 Å². The lowest BCUT2D eigenvalue weighted by Gasteiger charge is -2.06. The second-order valence-corrected chi connectivity index (χ2v) is 5.82. The zero-order valence-electron chi connectivity index (χ0n) is 10.0. The van der Waals surface area contributed by atoms with Crippen LogP contribution < -0.4 is 0 Å². The van der Waals surface area contributed by atoms with Crippen molar-refractivity contribution in [2.75, 3.05) is 0 Å². The molecule has 0 aromatic heterocycles. The van der Waals surface area contributed by atoms with Gasteiger partial charge in [0.2, 0.25) is 0 Å². The van der Waals surface area contributed by atoms with Crippen LogP contribution in [0.2, 0.25) is 0 Å². The summed E-state index contributed by atoms with van der Waals surface area (Å²) in [6, 6.07) is 0. The van der Waals surface area contributed by atoms with Gasteiger partial charge in [-0.15, -0.1) is 0 Å². The number of rotatable bonds is 8. The summed E-state index contributed by atoms with van der Waals surface area (Å²) in [4.78, 5) is 0. The molecule has 16 heavy (non-hydrogen) atoms. The quantitative estimate of drug-likeness (QED) is 0.487. The Morgan fingerprint density at radius 2 is 1.69 bits per heavy atom. The minimum atomic E-state index is -3.33. The predicted octanol–water partition coefficient (Wildman–Crippen LogP) is 3.37. The lowest BCUT2D eigenvalue weighted by Crippen LogP contribution is -2.07. The van der Waals surface area contributed by atoms with Gasteiger partial charge in [0.1, 0.15) is 0 Å². The van der Waals surface area contributed by atoms with Crippen LogP contribution in [0.5, 0.6) is 0 Å². The average Bonchev–Trinajstić information content (AvgIpc) is 2.57. The lowest BCUT2D eigenvalue weighted by molar-refractivity contribution is 0.253. The highest BCUT2D eigenvalue weighted by molar-refractivity contribution is 7.89. The molecule has 0 amide bonds. The molecule has 1 rings (SSSR count). The van der Waals surface area contributed by atoms with Crippen molar-refractivity contribution in [3.63, 3.8) is 0 Å². The van der Waals surface area contributed by atoms with Crippen molar-refractivity contribution in [3.8, 4) is 0 Å². The Balaban J connectivity index is 1.95. The van der Waals surface area contributed by atoms with E-state index in [2.05, 4.69) is 6.92 Å². The molecule has 1 atom stereocenters. The van der Waals surface area contributed by atoms with Crippen LogP contribution in [-0.2, 0) is 14.3 Å². The molecule has 1 aliphatic heterocycles.